The lowest BCUT2D eigenvalue weighted by atomic mass is 10.2. The zero-order chi connectivity index (χ0) is 9.26. The second kappa shape index (κ2) is 3.66. The largest absolute Gasteiger partial charge is 0.313 e. The van der Waals surface area contributed by atoms with E-state index in [1.54, 1.807) is 6.33 Å². The van der Waals surface area contributed by atoms with E-state index >= 15 is 0 Å². The van der Waals surface area contributed by atoms with Crippen LogP contribution in [0.2, 0.25) is 0 Å². The molecule has 0 bridgehead atoms. The zero-order valence-electron chi connectivity index (χ0n) is 7.78. The summed E-state index contributed by atoms with van der Waals surface area (Å²) in [7, 11) is 0. The van der Waals surface area contributed by atoms with Crippen LogP contribution in [0.15, 0.2) is 6.33 Å². The molecule has 13 heavy (non-hydrogen) atoms. The fourth-order valence-electron chi connectivity index (χ4n) is 1.89. The van der Waals surface area contributed by atoms with Crippen LogP contribution in [0.1, 0.15) is 38.1 Å². The molecule has 0 saturated heterocycles. The monoisotopic (exact) mass is 199 g/mol. The second-order valence-corrected chi connectivity index (χ2v) is 3.91. The Morgan fingerprint density at radius 3 is 3.23 bits per heavy atom. The van der Waals surface area contributed by atoms with Crippen LogP contribution in [-0.2, 0) is 5.88 Å². The lowest BCUT2D eigenvalue weighted by Crippen LogP contribution is -1.99. The van der Waals surface area contributed by atoms with Crippen molar-refractivity contribution in [3.63, 3.8) is 0 Å². The van der Waals surface area contributed by atoms with Gasteiger partial charge >= 0.3 is 0 Å². The molecule has 0 radical (unpaired) electrons. The summed E-state index contributed by atoms with van der Waals surface area (Å²) in [6.45, 7) is 2.23. The number of aromatic nitrogens is 3. The topological polar surface area (TPSA) is 30.7 Å². The Bertz CT molecular complexity index is 284. The molecule has 1 aliphatic rings. The quantitative estimate of drug-likeness (QED) is 0.698. The molecule has 1 saturated carbocycles. The Hall–Kier alpha value is -0.570. The highest BCUT2D eigenvalue weighted by molar-refractivity contribution is 6.16. The predicted molar refractivity (Wildman–Crippen MR) is 51.6 cm³/mol. The van der Waals surface area contributed by atoms with E-state index in [2.05, 4.69) is 21.7 Å². The molecule has 1 heterocycles. The van der Waals surface area contributed by atoms with Crippen LogP contribution < -0.4 is 0 Å². The first-order valence-corrected chi connectivity index (χ1v) is 5.34. The zero-order valence-corrected chi connectivity index (χ0v) is 8.54. The molecule has 1 aromatic heterocycles. The van der Waals surface area contributed by atoms with Crippen molar-refractivity contribution in [2.45, 2.75) is 38.1 Å². The van der Waals surface area contributed by atoms with Crippen molar-refractivity contribution in [2.75, 3.05) is 0 Å². The van der Waals surface area contributed by atoms with E-state index in [0.29, 0.717) is 11.9 Å². The first-order chi connectivity index (χ1) is 6.36. The van der Waals surface area contributed by atoms with Gasteiger partial charge in [0.2, 0.25) is 0 Å². The molecule has 2 rings (SSSR count). The Balaban J connectivity index is 2.02. The van der Waals surface area contributed by atoms with Crippen LogP contribution in [0.3, 0.4) is 0 Å². The highest BCUT2D eigenvalue weighted by Gasteiger charge is 2.38. The lowest BCUT2D eigenvalue weighted by molar-refractivity contribution is 0.594. The van der Waals surface area contributed by atoms with Gasteiger partial charge in [0.05, 0.1) is 5.88 Å². The van der Waals surface area contributed by atoms with E-state index in [9.17, 15) is 0 Å². The van der Waals surface area contributed by atoms with Crippen LogP contribution in [0.4, 0.5) is 0 Å². The predicted octanol–water partition coefficient (Wildman–Crippen LogP) is 2.38. The van der Waals surface area contributed by atoms with Gasteiger partial charge in [-0.25, -0.2) is 0 Å². The fourth-order valence-corrected chi connectivity index (χ4v) is 2.08. The van der Waals surface area contributed by atoms with E-state index in [-0.39, 0.29) is 0 Å². The summed E-state index contributed by atoms with van der Waals surface area (Å²) in [5, 5.41) is 7.85. The van der Waals surface area contributed by atoms with E-state index in [1.165, 1.54) is 19.3 Å². The van der Waals surface area contributed by atoms with Gasteiger partial charge in [-0.15, -0.1) is 21.8 Å². The third-order valence-corrected chi connectivity index (χ3v) is 2.91. The van der Waals surface area contributed by atoms with Crippen molar-refractivity contribution in [2.24, 2.45) is 5.92 Å². The summed E-state index contributed by atoms with van der Waals surface area (Å²) in [6, 6.07) is 0.628. The molecule has 0 aliphatic heterocycles. The third-order valence-electron chi connectivity index (χ3n) is 2.67. The van der Waals surface area contributed by atoms with Gasteiger partial charge in [-0.05, 0) is 18.8 Å². The molecule has 4 heteroatoms. The number of halogens is 1. The van der Waals surface area contributed by atoms with Gasteiger partial charge in [0.25, 0.3) is 0 Å². The van der Waals surface area contributed by atoms with Crippen molar-refractivity contribution < 1.29 is 0 Å². The standard InChI is InChI=1S/C9H14ClN3/c1-2-3-7-4-8(7)13-6-11-12-9(13)5-10/h6-8H,2-5H2,1H3. The first-order valence-electron chi connectivity index (χ1n) is 4.81. The highest BCUT2D eigenvalue weighted by atomic mass is 35.5. The van der Waals surface area contributed by atoms with Crippen molar-refractivity contribution in [3.8, 4) is 0 Å². The number of hydrogen-bond acceptors (Lipinski definition) is 2. The Morgan fingerprint density at radius 1 is 1.69 bits per heavy atom. The minimum atomic E-state index is 0.468. The van der Waals surface area contributed by atoms with Crippen LogP contribution >= 0.6 is 11.6 Å². The van der Waals surface area contributed by atoms with Gasteiger partial charge in [-0.3, -0.25) is 0 Å². The molecule has 72 valence electrons. The molecule has 0 aromatic carbocycles. The smallest absolute Gasteiger partial charge is 0.148 e. The minimum absolute atomic E-state index is 0.468. The van der Waals surface area contributed by atoms with Crippen molar-refractivity contribution >= 4 is 11.6 Å². The average molecular weight is 200 g/mol. The second-order valence-electron chi connectivity index (χ2n) is 3.64. The maximum absolute atomic E-state index is 5.75. The first kappa shape index (κ1) is 9.00. The molecular formula is C9H14ClN3. The SMILES string of the molecule is CCCC1CC1n1cnnc1CCl. The van der Waals surface area contributed by atoms with Crippen LogP contribution in [0, 0.1) is 5.92 Å². The van der Waals surface area contributed by atoms with Crippen LogP contribution in [-0.4, -0.2) is 14.8 Å². The molecule has 1 aliphatic carbocycles. The van der Waals surface area contributed by atoms with Gasteiger partial charge in [-0.2, -0.15) is 0 Å². The molecule has 2 unspecified atom stereocenters. The number of nitrogens with zero attached hydrogens (tertiary/aromatic N) is 3. The van der Waals surface area contributed by atoms with Gasteiger partial charge < -0.3 is 4.57 Å². The Morgan fingerprint density at radius 2 is 2.54 bits per heavy atom. The Labute approximate surface area is 83.1 Å². The van der Waals surface area contributed by atoms with Gasteiger partial charge in [-0.1, -0.05) is 13.3 Å². The van der Waals surface area contributed by atoms with Crippen molar-refractivity contribution in [1.29, 1.82) is 0 Å². The van der Waals surface area contributed by atoms with Gasteiger partial charge in [0.1, 0.15) is 12.2 Å². The Kier molecular flexibility index (Phi) is 2.54. The molecular weight excluding hydrogens is 186 g/mol. The normalized spacial score (nSPS) is 26.3. The van der Waals surface area contributed by atoms with E-state index in [4.69, 9.17) is 11.6 Å². The molecule has 0 amide bonds. The molecule has 1 fully saturated rings. The van der Waals surface area contributed by atoms with E-state index in [0.717, 1.165) is 11.7 Å². The summed E-state index contributed by atoms with van der Waals surface area (Å²) >= 11 is 5.75. The summed E-state index contributed by atoms with van der Waals surface area (Å²) in [5.41, 5.74) is 0. The average Bonchev–Trinajstić information content (AvgIpc) is 2.75. The summed E-state index contributed by atoms with van der Waals surface area (Å²) in [4.78, 5) is 0. The summed E-state index contributed by atoms with van der Waals surface area (Å²) < 4.78 is 2.13. The molecule has 0 N–H and O–H groups in total. The molecule has 0 spiro atoms. The summed E-state index contributed by atoms with van der Waals surface area (Å²) in [6.07, 6.45) is 5.65. The number of alkyl halides is 1. The molecule has 2 atom stereocenters. The summed E-state index contributed by atoms with van der Waals surface area (Å²) in [5.74, 6) is 2.21. The third kappa shape index (κ3) is 1.70. The van der Waals surface area contributed by atoms with Crippen LogP contribution in [0.5, 0.6) is 0 Å². The maximum atomic E-state index is 5.75. The maximum Gasteiger partial charge on any atom is 0.148 e. The van der Waals surface area contributed by atoms with Gasteiger partial charge in [0.15, 0.2) is 0 Å². The van der Waals surface area contributed by atoms with Gasteiger partial charge in [0, 0.05) is 6.04 Å². The van der Waals surface area contributed by atoms with E-state index < -0.39 is 0 Å². The number of hydrogen-bond donors (Lipinski definition) is 0. The molecule has 1 aromatic rings. The molecule has 3 nitrogen and oxygen atoms in total. The van der Waals surface area contributed by atoms with E-state index in [1.807, 2.05) is 0 Å². The minimum Gasteiger partial charge on any atom is -0.313 e. The fraction of sp³-hybridized carbons (Fsp3) is 0.778. The lowest BCUT2D eigenvalue weighted by Gasteiger charge is -2.02. The van der Waals surface area contributed by atoms with Crippen LogP contribution in [0.25, 0.3) is 0 Å². The highest BCUT2D eigenvalue weighted by Crippen LogP contribution is 2.46. The van der Waals surface area contributed by atoms with Crippen molar-refractivity contribution in [1.82, 2.24) is 14.8 Å². The van der Waals surface area contributed by atoms with Crippen molar-refractivity contribution in [3.05, 3.63) is 12.2 Å². The number of rotatable bonds is 4.